The average molecular weight is 516 g/mol. The van der Waals surface area contributed by atoms with Crippen LogP contribution in [-0.2, 0) is 11.4 Å². The lowest BCUT2D eigenvalue weighted by Crippen LogP contribution is -2.13. The molecule has 0 heterocycles. The van der Waals surface area contributed by atoms with E-state index in [1.54, 1.807) is 55.6 Å². The fourth-order valence-electron chi connectivity index (χ4n) is 2.77. The second-order valence-corrected chi connectivity index (χ2v) is 7.85. The molecule has 0 saturated heterocycles. The Bertz CT molecular complexity index is 1180. The van der Waals surface area contributed by atoms with Gasteiger partial charge in [0.25, 0.3) is 5.91 Å². The van der Waals surface area contributed by atoms with Crippen LogP contribution in [0.2, 0.25) is 5.02 Å². The first-order valence-electron chi connectivity index (χ1n) is 9.33. The molecule has 0 saturated carbocycles. The summed E-state index contributed by atoms with van der Waals surface area (Å²) in [7, 11) is 1.55. The van der Waals surface area contributed by atoms with Crippen LogP contribution in [0.1, 0.15) is 11.1 Å². The summed E-state index contributed by atoms with van der Waals surface area (Å²) in [6, 6.07) is 17.9. The Kier molecular flexibility index (Phi) is 7.87. The molecule has 3 aromatic rings. The molecule has 1 N–H and O–H groups in total. The van der Waals surface area contributed by atoms with E-state index in [0.29, 0.717) is 32.8 Å². The van der Waals surface area contributed by atoms with Gasteiger partial charge in [-0.3, -0.25) is 4.79 Å². The van der Waals surface area contributed by atoms with Crippen molar-refractivity contribution in [3.63, 3.8) is 0 Å². The van der Waals surface area contributed by atoms with Crippen LogP contribution in [0.3, 0.4) is 0 Å². The SMILES string of the molecule is COc1ccc(NC(=O)/C(C#N)=C\c2cc(Cl)c(OCc3cccc(F)c3)c(Br)c2)cc1. The van der Waals surface area contributed by atoms with E-state index in [4.69, 9.17) is 21.1 Å². The number of hydrogen-bond acceptors (Lipinski definition) is 4. The maximum absolute atomic E-state index is 13.3. The minimum atomic E-state index is -0.559. The van der Waals surface area contributed by atoms with Gasteiger partial charge in [0.15, 0.2) is 5.75 Å². The fourth-order valence-corrected chi connectivity index (χ4v) is 3.76. The molecule has 0 bridgehead atoms. The fraction of sp³-hybridized carbons (Fsp3) is 0.0833. The third-order valence-electron chi connectivity index (χ3n) is 4.32. The molecule has 0 aliphatic carbocycles. The van der Waals surface area contributed by atoms with Crippen LogP contribution in [0.15, 0.2) is 70.7 Å². The Hall–Kier alpha value is -3.34. The summed E-state index contributed by atoms with van der Waals surface area (Å²) in [6.07, 6.45) is 1.42. The lowest BCUT2D eigenvalue weighted by atomic mass is 10.1. The van der Waals surface area contributed by atoms with Gasteiger partial charge in [0.1, 0.15) is 29.8 Å². The number of ether oxygens (including phenoxy) is 2. The number of halogens is 3. The van der Waals surface area contributed by atoms with Gasteiger partial charge in [-0.1, -0.05) is 23.7 Å². The number of rotatable bonds is 7. The van der Waals surface area contributed by atoms with E-state index in [0.717, 1.165) is 0 Å². The second kappa shape index (κ2) is 10.8. The first-order valence-corrected chi connectivity index (χ1v) is 10.5. The van der Waals surface area contributed by atoms with Gasteiger partial charge in [0, 0.05) is 5.69 Å². The number of carbonyl (C=O) groups is 1. The minimum Gasteiger partial charge on any atom is -0.497 e. The highest BCUT2D eigenvalue weighted by atomic mass is 79.9. The maximum atomic E-state index is 13.3. The summed E-state index contributed by atoms with van der Waals surface area (Å²) in [6.45, 7) is 0.124. The van der Waals surface area contributed by atoms with Crippen LogP contribution in [-0.4, -0.2) is 13.0 Å². The number of hydrogen-bond donors (Lipinski definition) is 1. The summed E-state index contributed by atoms with van der Waals surface area (Å²) in [5.41, 5.74) is 1.61. The number of methoxy groups -OCH3 is 1. The van der Waals surface area contributed by atoms with Crippen molar-refractivity contribution in [2.45, 2.75) is 6.61 Å². The van der Waals surface area contributed by atoms with E-state index < -0.39 is 5.91 Å². The molecule has 0 aliphatic heterocycles. The zero-order chi connectivity index (χ0) is 23.1. The van der Waals surface area contributed by atoms with Crippen molar-refractivity contribution in [1.29, 1.82) is 5.26 Å². The van der Waals surface area contributed by atoms with Crippen molar-refractivity contribution in [3.8, 4) is 17.6 Å². The molecule has 0 aliphatic rings. The Morgan fingerprint density at radius 3 is 2.59 bits per heavy atom. The Labute approximate surface area is 198 Å². The summed E-state index contributed by atoms with van der Waals surface area (Å²) in [5.74, 6) is 0.109. The zero-order valence-corrected chi connectivity index (χ0v) is 19.2. The van der Waals surface area contributed by atoms with Crippen molar-refractivity contribution in [2.75, 3.05) is 12.4 Å². The van der Waals surface area contributed by atoms with E-state index >= 15 is 0 Å². The molecule has 3 aromatic carbocycles. The van der Waals surface area contributed by atoms with Crippen molar-refractivity contribution in [1.82, 2.24) is 0 Å². The first-order chi connectivity index (χ1) is 15.4. The zero-order valence-electron chi connectivity index (χ0n) is 16.9. The van der Waals surface area contributed by atoms with E-state index in [9.17, 15) is 14.4 Å². The molecule has 0 spiro atoms. The van der Waals surface area contributed by atoms with Crippen LogP contribution >= 0.6 is 27.5 Å². The van der Waals surface area contributed by atoms with Crippen molar-refractivity contribution < 1.29 is 18.7 Å². The molecule has 0 aromatic heterocycles. The van der Waals surface area contributed by atoms with Gasteiger partial charge in [-0.15, -0.1) is 0 Å². The molecular weight excluding hydrogens is 499 g/mol. The van der Waals surface area contributed by atoms with Crippen molar-refractivity contribution in [3.05, 3.63) is 92.7 Å². The van der Waals surface area contributed by atoms with Gasteiger partial charge < -0.3 is 14.8 Å². The van der Waals surface area contributed by atoms with Gasteiger partial charge in [-0.05, 0) is 81.7 Å². The lowest BCUT2D eigenvalue weighted by Gasteiger charge is -2.11. The molecule has 0 atom stereocenters. The normalized spacial score (nSPS) is 10.9. The smallest absolute Gasteiger partial charge is 0.266 e. The molecule has 0 radical (unpaired) electrons. The van der Waals surface area contributed by atoms with Crippen LogP contribution < -0.4 is 14.8 Å². The monoisotopic (exact) mass is 514 g/mol. The summed E-state index contributed by atoms with van der Waals surface area (Å²) >= 11 is 9.74. The maximum Gasteiger partial charge on any atom is 0.266 e. The van der Waals surface area contributed by atoms with Crippen LogP contribution in [0, 0.1) is 17.1 Å². The van der Waals surface area contributed by atoms with E-state index in [2.05, 4.69) is 21.2 Å². The molecule has 8 heteroatoms. The molecule has 3 rings (SSSR count). The van der Waals surface area contributed by atoms with Crippen LogP contribution in [0.25, 0.3) is 6.08 Å². The number of nitriles is 1. The quantitative estimate of drug-likeness (QED) is 0.293. The third-order valence-corrected chi connectivity index (χ3v) is 5.19. The van der Waals surface area contributed by atoms with Gasteiger partial charge >= 0.3 is 0 Å². The number of benzene rings is 3. The highest BCUT2D eigenvalue weighted by molar-refractivity contribution is 9.10. The minimum absolute atomic E-state index is 0.0998. The van der Waals surface area contributed by atoms with Gasteiger partial charge in [0.05, 0.1) is 16.6 Å². The summed E-state index contributed by atoms with van der Waals surface area (Å²) < 4.78 is 24.7. The van der Waals surface area contributed by atoms with Crippen molar-refractivity contribution in [2.24, 2.45) is 0 Å². The van der Waals surface area contributed by atoms with Crippen LogP contribution in [0.4, 0.5) is 10.1 Å². The number of amides is 1. The molecule has 162 valence electrons. The van der Waals surface area contributed by atoms with Crippen LogP contribution in [0.5, 0.6) is 11.5 Å². The first kappa shape index (κ1) is 23.3. The largest absolute Gasteiger partial charge is 0.497 e. The average Bonchev–Trinajstić information content (AvgIpc) is 2.77. The Morgan fingerprint density at radius 1 is 1.22 bits per heavy atom. The van der Waals surface area contributed by atoms with E-state index in [1.807, 2.05) is 6.07 Å². The number of nitrogens with one attached hydrogen (secondary N) is 1. The Balaban J connectivity index is 1.75. The van der Waals surface area contributed by atoms with Gasteiger partial charge in [0.2, 0.25) is 0 Å². The molecular formula is C24H17BrClFN2O3. The second-order valence-electron chi connectivity index (χ2n) is 6.58. The standard InChI is InChI=1S/C24H17BrClFN2O3/c1-31-20-7-5-19(6-8-20)29-24(30)17(13-28)9-16-11-21(25)23(22(26)12-16)32-14-15-3-2-4-18(27)10-15/h2-12H,14H2,1H3,(H,29,30)/b17-9-. The Morgan fingerprint density at radius 2 is 1.97 bits per heavy atom. The highest BCUT2D eigenvalue weighted by Crippen LogP contribution is 2.35. The molecule has 1 amide bonds. The number of anilines is 1. The number of carbonyl (C=O) groups excluding carboxylic acids is 1. The third kappa shape index (κ3) is 6.10. The topological polar surface area (TPSA) is 71.3 Å². The molecule has 0 fully saturated rings. The molecule has 5 nitrogen and oxygen atoms in total. The highest BCUT2D eigenvalue weighted by Gasteiger charge is 2.13. The van der Waals surface area contributed by atoms with E-state index in [1.165, 1.54) is 18.2 Å². The number of nitrogens with zero attached hydrogens (tertiary/aromatic N) is 1. The predicted octanol–water partition coefficient (Wildman–Crippen LogP) is 6.37. The van der Waals surface area contributed by atoms with Gasteiger partial charge in [-0.25, -0.2) is 4.39 Å². The summed E-state index contributed by atoms with van der Waals surface area (Å²) in [4.78, 5) is 12.5. The molecule has 0 unspecified atom stereocenters. The predicted molar refractivity (Wildman–Crippen MR) is 125 cm³/mol. The lowest BCUT2D eigenvalue weighted by molar-refractivity contribution is -0.112. The van der Waals surface area contributed by atoms with E-state index in [-0.39, 0.29) is 23.0 Å². The molecule has 32 heavy (non-hydrogen) atoms. The van der Waals surface area contributed by atoms with Crippen molar-refractivity contribution >= 4 is 45.2 Å². The van der Waals surface area contributed by atoms with Gasteiger partial charge in [-0.2, -0.15) is 5.26 Å². The summed E-state index contributed by atoms with van der Waals surface area (Å²) in [5, 5.41) is 12.4.